The van der Waals surface area contributed by atoms with E-state index in [1.165, 1.54) is 24.3 Å². The maximum atomic E-state index is 13.8. The van der Waals surface area contributed by atoms with Crippen molar-refractivity contribution in [3.05, 3.63) is 65.2 Å². The number of halogens is 4. The highest BCUT2D eigenvalue weighted by molar-refractivity contribution is 5.96. The lowest BCUT2D eigenvalue weighted by atomic mass is 9.36. The number of benzene rings is 2. The summed E-state index contributed by atoms with van der Waals surface area (Å²) < 4.78 is 53.1. The van der Waals surface area contributed by atoms with Crippen molar-refractivity contribution in [3.8, 4) is 0 Å². The highest BCUT2D eigenvalue weighted by Crippen LogP contribution is 2.70. The number of carbonyl (C=O) groups excluding carboxylic acids is 2. The fraction of sp³-hybridized carbons (Fsp3) is 0.333. The Kier molecular flexibility index (Phi) is 4.40. The smallest absolute Gasteiger partial charge is 0.254 e. The highest BCUT2D eigenvalue weighted by atomic mass is 19.2. The predicted octanol–water partition coefficient (Wildman–Crippen LogP) is 4.17. The molecule has 2 amide bonds. The zero-order valence-electron chi connectivity index (χ0n) is 15.5. The van der Waals surface area contributed by atoms with Gasteiger partial charge in [-0.1, -0.05) is 6.92 Å². The van der Waals surface area contributed by atoms with Crippen molar-refractivity contribution in [3.63, 3.8) is 0 Å². The van der Waals surface area contributed by atoms with Crippen LogP contribution in [0.5, 0.6) is 0 Å². The van der Waals surface area contributed by atoms with Gasteiger partial charge in [0.2, 0.25) is 5.91 Å². The quantitative estimate of drug-likeness (QED) is 0.579. The zero-order valence-corrected chi connectivity index (χ0v) is 15.5. The van der Waals surface area contributed by atoms with Crippen LogP contribution in [0.4, 0.5) is 23.2 Å². The normalized spacial score (nSPS) is 25.4. The first-order valence-corrected chi connectivity index (χ1v) is 9.17. The van der Waals surface area contributed by atoms with Crippen LogP contribution in [-0.4, -0.2) is 17.4 Å². The van der Waals surface area contributed by atoms with E-state index in [9.17, 15) is 27.2 Å². The molecule has 2 aromatic rings. The molecule has 1 atom stereocenters. The molecule has 3 aliphatic carbocycles. The molecule has 1 unspecified atom stereocenters. The Hall–Kier alpha value is -2.90. The Morgan fingerprint density at radius 2 is 1.52 bits per heavy atom. The lowest BCUT2D eigenvalue weighted by Gasteiger charge is -2.72. The van der Waals surface area contributed by atoms with Crippen LogP contribution in [0.15, 0.2) is 36.4 Å². The molecule has 3 aliphatic rings. The first kappa shape index (κ1) is 19.4. The Balaban J connectivity index is 1.36. The van der Waals surface area contributed by atoms with Gasteiger partial charge in [-0.3, -0.25) is 9.59 Å². The molecule has 0 saturated heterocycles. The molecule has 0 aliphatic heterocycles. The molecule has 29 heavy (non-hydrogen) atoms. The molecular formula is C21H18F4N2O2. The van der Waals surface area contributed by atoms with Gasteiger partial charge in [-0.15, -0.1) is 0 Å². The first-order chi connectivity index (χ1) is 13.6. The number of hydrogen-bond donors (Lipinski definition) is 2. The fourth-order valence-corrected chi connectivity index (χ4v) is 4.52. The second-order valence-corrected chi connectivity index (χ2v) is 8.09. The maximum absolute atomic E-state index is 13.8. The highest BCUT2D eigenvalue weighted by Gasteiger charge is 2.71. The van der Waals surface area contributed by atoms with Crippen molar-refractivity contribution < 1.29 is 27.2 Å². The average molecular weight is 406 g/mol. The van der Waals surface area contributed by atoms with E-state index in [0.29, 0.717) is 37.1 Å². The van der Waals surface area contributed by atoms with Gasteiger partial charge in [0.1, 0.15) is 11.6 Å². The summed E-state index contributed by atoms with van der Waals surface area (Å²) in [5.41, 5.74) is -0.889. The summed E-state index contributed by atoms with van der Waals surface area (Å²) in [6, 6.07) is 6.34. The molecule has 2 aromatic carbocycles. The monoisotopic (exact) mass is 406 g/mol. The Morgan fingerprint density at radius 1 is 0.931 bits per heavy atom. The number of hydrogen-bond acceptors (Lipinski definition) is 2. The van der Waals surface area contributed by atoms with Crippen molar-refractivity contribution in [1.82, 2.24) is 5.32 Å². The van der Waals surface area contributed by atoms with Gasteiger partial charge >= 0.3 is 0 Å². The van der Waals surface area contributed by atoms with Crippen LogP contribution < -0.4 is 10.6 Å². The van der Waals surface area contributed by atoms with Gasteiger partial charge in [-0.05, 0) is 55.0 Å². The van der Waals surface area contributed by atoms with Crippen molar-refractivity contribution in [2.75, 3.05) is 5.32 Å². The number of carbonyl (C=O) groups is 2. The molecule has 0 spiro atoms. The predicted molar refractivity (Wildman–Crippen MR) is 97.0 cm³/mol. The van der Waals surface area contributed by atoms with E-state index < -0.39 is 40.3 Å². The molecule has 152 valence electrons. The summed E-state index contributed by atoms with van der Waals surface area (Å²) in [4.78, 5) is 24.8. The largest absolute Gasteiger partial charge is 0.346 e. The second-order valence-electron chi connectivity index (χ2n) is 8.09. The van der Waals surface area contributed by atoms with Gasteiger partial charge in [-0.25, -0.2) is 17.6 Å². The summed E-state index contributed by atoms with van der Waals surface area (Å²) in [5, 5.41) is 5.44. The van der Waals surface area contributed by atoms with Gasteiger partial charge in [0.15, 0.2) is 11.6 Å². The molecule has 8 heteroatoms. The van der Waals surface area contributed by atoms with E-state index in [1.807, 2.05) is 0 Å². The summed E-state index contributed by atoms with van der Waals surface area (Å²) in [6.07, 6.45) is 1.61. The van der Waals surface area contributed by atoms with Crippen LogP contribution >= 0.6 is 0 Å². The molecule has 0 heterocycles. The summed E-state index contributed by atoms with van der Waals surface area (Å²) in [6.45, 7) is 1.79. The fourth-order valence-electron chi connectivity index (χ4n) is 4.52. The number of rotatable bonds is 5. The van der Waals surface area contributed by atoms with Gasteiger partial charge in [0, 0.05) is 23.2 Å². The molecule has 0 radical (unpaired) electrons. The SMILES string of the molecule is CC(C(=O)Nc1ccc(F)cc1)C12CC(NC(=O)c3cc(F)c(F)cc3F)(C1)C2. The van der Waals surface area contributed by atoms with Crippen LogP contribution in [0, 0.1) is 34.6 Å². The lowest BCUT2D eigenvalue weighted by Crippen LogP contribution is -2.77. The molecule has 4 nitrogen and oxygen atoms in total. The minimum Gasteiger partial charge on any atom is -0.346 e. The van der Waals surface area contributed by atoms with Crippen LogP contribution in [0.3, 0.4) is 0 Å². The lowest BCUT2D eigenvalue weighted by molar-refractivity contribution is -0.184. The van der Waals surface area contributed by atoms with E-state index >= 15 is 0 Å². The minimum absolute atomic E-state index is 0.206. The molecule has 3 saturated carbocycles. The van der Waals surface area contributed by atoms with Crippen molar-refractivity contribution >= 4 is 17.5 Å². The van der Waals surface area contributed by atoms with E-state index in [0.717, 1.165) is 0 Å². The van der Waals surface area contributed by atoms with Crippen molar-refractivity contribution in [2.24, 2.45) is 11.3 Å². The maximum Gasteiger partial charge on any atom is 0.254 e. The molecule has 2 N–H and O–H groups in total. The van der Waals surface area contributed by atoms with Gasteiger partial charge < -0.3 is 10.6 Å². The number of nitrogens with one attached hydrogen (secondary N) is 2. The third kappa shape index (κ3) is 3.26. The van der Waals surface area contributed by atoms with Crippen molar-refractivity contribution in [2.45, 2.75) is 31.7 Å². The number of amides is 2. The Morgan fingerprint density at radius 3 is 2.14 bits per heavy atom. The molecule has 2 bridgehead atoms. The van der Waals surface area contributed by atoms with Crippen molar-refractivity contribution in [1.29, 1.82) is 0 Å². The second kappa shape index (κ2) is 6.57. The van der Waals surface area contributed by atoms with E-state index in [4.69, 9.17) is 0 Å². The van der Waals surface area contributed by atoms with Gasteiger partial charge in [-0.2, -0.15) is 0 Å². The zero-order chi connectivity index (χ0) is 21.0. The van der Waals surface area contributed by atoms with Crippen LogP contribution in [0.25, 0.3) is 0 Å². The Bertz CT molecular complexity index is 987. The molecular weight excluding hydrogens is 388 g/mol. The van der Waals surface area contributed by atoms with Crippen LogP contribution in [0.1, 0.15) is 36.5 Å². The molecule has 0 aromatic heterocycles. The third-order valence-corrected chi connectivity index (χ3v) is 6.13. The standard InChI is InChI=1S/C21H18F4N2O2/c1-11(18(28)26-13-4-2-12(22)3-5-13)20-8-21(9-20,10-20)27-19(29)14-6-16(24)17(25)7-15(14)23/h2-7,11H,8-10H2,1H3,(H,26,28)(H,27,29). The van der Waals surface area contributed by atoms with Crippen LogP contribution in [-0.2, 0) is 4.79 Å². The first-order valence-electron chi connectivity index (χ1n) is 9.17. The van der Waals surface area contributed by atoms with E-state index in [-0.39, 0.29) is 17.2 Å². The van der Waals surface area contributed by atoms with Gasteiger partial charge in [0.05, 0.1) is 5.56 Å². The van der Waals surface area contributed by atoms with Gasteiger partial charge in [0.25, 0.3) is 5.91 Å². The Labute approximate surface area is 164 Å². The average Bonchev–Trinajstić information content (AvgIpc) is 2.61. The summed E-state index contributed by atoms with van der Waals surface area (Å²) in [7, 11) is 0. The number of anilines is 1. The minimum atomic E-state index is -1.36. The molecule has 5 rings (SSSR count). The topological polar surface area (TPSA) is 58.2 Å². The van der Waals surface area contributed by atoms with Crippen LogP contribution in [0.2, 0.25) is 0 Å². The summed E-state index contributed by atoms with van der Waals surface area (Å²) >= 11 is 0. The third-order valence-electron chi connectivity index (χ3n) is 6.13. The summed E-state index contributed by atoms with van der Waals surface area (Å²) in [5.74, 6) is -5.53. The van der Waals surface area contributed by atoms with E-state index in [2.05, 4.69) is 10.6 Å². The van der Waals surface area contributed by atoms with E-state index in [1.54, 1.807) is 6.92 Å². The molecule has 3 fully saturated rings.